The standard InChI is InChI=1S/C13H15BrN4O2/c1-9-6-10(2-3-12(9)14)16-13(20)17-11-7-15-18(8-11)4-5-19/h2-3,6-8,19H,4-5H2,1H3,(H2,16,17,20). The van der Waals surface area contributed by atoms with Crippen LogP contribution in [0.4, 0.5) is 16.2 Å². The quantitative estimate of drug-likeness (QED) is 0.801. The number of benzene rings is 1. The van der Waals surface area contributed by atoms with E-state index in [1.807, 2.05) is 25.1 Å². The average molecular weight is 339 g/mol. The van der Waals surface area contributed by atoms with Crippen molar-refractivity contribution in [1.29, 1.82) is 0 Å². The normalized spacial score (nSPS) is 10.3. The number of aliphatic hydroxyl groups excluding tert-OH is 1. The first-order chi connectivity index (χ1) is 9.58. The van der Waals surface area contributed by atoms with Crippen molar-refractivity contribution in [3.05, 3.63) is 40.6 Å². The second-order valence-electron chi connectivity index (χ2n) is 4.26. The highest BCUT2D eigenvalue weighted by Gasteiger charge is 2.05. The van der Waals surface area contributed by atoms with Gasteiger partial charge in [-0.05, 0) is 30.7 Å². The summed E-state index contributed by atoms with van der Waals surface area (Å²) in [5.74, 6) is 0. The third-order valence-corrected chi connectivity index (χ3v) is 3.53. The molecule has 3 N–H and O–H groups in total. The first-order valence-corrected chi connectivity index (χ1v) is 6.85. The molecule has 0 aliphatic carbocycles. The lowest BCUT2D eigenvalue weighted by Gasteiger charge is -2.07. The van der Waals surface area contributed by atoms with Crippen LogP contribution in [0.15, 0.2) is 35.1 Å². The van der Waals surface area contributed by atoms with E-state index in [-0.39, 0.29) is 12.6 Å². The molecule has 0 fully saturated rings. The second-order valence-corrected chi connectivity index (χ2v) is 5.11. The minimum Gasteiger partial charge on any atom is -0.394 e. The molecule has 7 heteroatoms. The van der Waals surface area contributed by atoms with Crippen molar-refractivity contribution in [3.8, 4) is 0 Å². The zero-order valence-electron chi connectivity index (χ0n) is 10.9. The number of nitrogens with zero attached hydrogens (tertiary/aromatic N) is 2. The number of amides is 2. The first-order valence-electron chi connectivity index (χ1n) is 6.06. The largest absolute Gasteiger partial charge is 0.394 e. The highest BCUT2D eigenvalue weighted by Crippen LogP contribution is 2.20. The van der Waals surface area contributed by atoms with Crippen LogP contribution >= 0.6 is 15.9 Å². The van der Waals surface area contributed by atoms with E-state index in [9.17, 15) is 4.79 Å². The summed E-state index contributed by atoms with van der Waals surface area (Å²) in [6, 6.07) is 5.23. The van der Waals surface area contributed by atoms with Gasteiger partial charge in [0.15, 0.2) is 0 Å². The van der Waals surface area contributed by atoms with E-state index < -0.39 is 0 Å². The molecular weight excluding hydrogens is 324 g/mol. The Morgan fingerprint density at radius 1 is 1.40 bits per heavy atom. The smallest absolute Gasteiger partial charge is 0.323 e. The second kappa shape index (κ2) is 6.53. The van der Waals surface area contributed by atoms with Crippen molar-refractivity contribution in [1.82, 2.24) is 9.78 Å². The van der Waals surface area contributed by atoms with Gasteiger partial charge in [-0.1, -0.05) is 15.9 Å². The van der Waals surface area contributed by atoms with Crippen molar-refractivity contribution >= 4 is 33.3 Å². The Labute approximate surface area is 124 Å². The van der Waals surface area contributed by atoms with Gasteiger partial charge in [-0.15, -0.1) is 0 Å². The van der Waals surface area contributed by atoms with Crippen molar-refractivity contribution in [2.24, 2.45) is 0 Å². The molecule has 0 spiro atoms. The molecule has 2 aromatic rings. The fourth-order valence-corrected chi connectivity index (χ4v) is 1.92. The van der Waals surface area contributed by atoms with E-state index >= 15 is 0 Å². The summed E-state index contributed by atoms with van der Waals surface area (Å²) in [5, 5.41) is 18.2. The summed E-state index contributed by atoms with van der Waals surface area (Å²) < 4.78 is 2.55. The molecule has 0 saturated carbocycles. The predicted molar refractivity (Wildman–Crippen MR) is 80.8 cm³/mol. The maximum atomic E-state index is 11.8. The van der Waals surface area contributed by atoms with Crippen LogP contribution in [0.1, 0.15) is 5.56 Å². The van der Waals surface area contributed by atoms with E-state index in [0.717, 1.165) is 10.0 Å². The van der Waals surface area contributed by atoms with E-state index in [1.165, 1.54) is 6.20 Å². The summed E-state index contributed by atoms with van der Waals surface area (Å²) in [6.07, 6.45) is 3.19. The zero-order valence-corrected chi connectivity index (χ0v) is 12.5. The molecule has 2 amide bonds. The number of aliphatic hydroxyl groups is 1. The topological polar surface area (TPSA) is 79.2 Å². The molecule has 0 atom stereocenters. The van der Waals surface area contributed by atoms with Crippen molar-refractivity contribution in [3.63, 3.8) is 0 Å². The van der Waals surface area contributed by atoms with Crippen LogP contribution in [0.25, 0.3) is 0 Å². The number of hydrogen-bond acceptors (Lipinski definition) is 3. The Morgan fingerprint density at radius 2 is 2.15 bits per heavy atom. The van der Waals surface area contributed by atoms with E-state index in [4.69, 9.17) is 5.11 Å². The van der Waals surface area contributed by atoms with E-state index in [2.05, 4.69) is 31.7 Å². The minimum absolute atomic E-state index is 0.00544. The summed E-state index contributed by atoms with van der Waals surface area (Å²) >= 11 is 3.41. The maximum Gasteiger partial charge on any atom is 0.323 e. The lowest BCUT2D eigenvalue weighted by atomic mass is 10.2. The number of halogens is 1. The predicted octanol–water partition coefficient (Wildman–Crippen LogP) is 2.59. The number of rotatable bonds is 4. The molecule has 6 nitrogen and oxygen atoms in total. The van der Waals surface area contributed by atoms with Crippen LogP contribution in [-0.4, -0.2) is 27.5 Å². The molecule has 0 radical (unpaired) electrons. The van der Waals surface area contributed by atoms with Gasteiger partial charge in [0, 0.05) is 16.4 Å². The number of hydrogen-bond donors (Lipinski definition) is 3. The number of aromatic nitrogens is 2. The molecule has 20 heavy (non-hydrogen) atoms. The summed E-state index contributed by atoms with van der Waals surface area (Å²) in [4.78, 5) is 11.8. The Kier molecular flexibility index (Phi) is 4.75. The molecule has 0 aliphatic rings. The van der Waals surface area contributed by atoms with Gasteiger partial charge in [0.1, 0.15) is 0 Å². The van der Waals surface area contributed by atoms with E-state index in [1.54, 1.807) is 10.9 Å². The van der Waals surface area contributed by atoms with Crippen molar-refractivity contribution in [2.45, 2.75) is 13.5 Å². The van der Waals surface area contributed by atoms with Crippen LogP contribution in [0.5, 0.6) is 0 Å². The molecular formula is C13H15BrN4O2. The molecule has 1 aromatic heterocycles. The molecule has 0 aliphatic heterocycles. The minimum atomic E-state index is -0.338. The van der Waals surface area contributed by atoms with Gasteiger partial charge in [-0.3, -0.25) is 4.68 Å². The highest BCUT2D eigenvalue weighted by atomic mass is 79.9. The first kappa shape index (κ1) is 14.5. The third kappa shape index (κ3) is 3.82. The molecule has 0 unspecified atom stereocenters. The van der Waals surface area contributed by atoms with Gasteiger partial charge in [-0.25, -0.2) is 4.79 Å². The zero-order chi connectivity index (χ0) is 14.5. The third-order valence-electron chi connectivity index (χ3n) is 2.64. The molecule has 1 heterocycles. The van der Waals surface area contributed by atoms with Gasteiger partial charge in [-0.2, -0.15) is 5.10 Å². The van der Waals surface area contributed by atoms with Gasteiger partial charge in [0.05, 0.1) is 25.0 Å². The van der Waals surface area contributed by atoms with Crippen LogP contribution in [0.2, 0.25) is 0 Å². The highest BCUT2D eigenvalue weighted by molar-refractivity contribution is 9.10. The fraction of sp³-hybridized carbons (Fsp3) is 0.231. The summed E-state index contributed by atoms with van der Waals surface area (Å²) in [7, 11) is 0. The Hall–Kier alpha value is -1.86. The monoisotopic (exact) mass is 338 g/mol. The molecule has 0 saturated heterocycles. The van der Waals surface area contributed by atoms with Crippen molar-refractivity contribution < 1.29 is 9.90 Å². The molecule has 106 valence electrons. The lowest BCUT2D eigenvalue weighted by molar-refractivity contribution is 0.262. The summed E-state index contributed by atoms with van der Waals surface area (Å²) in [6.45, 7) is 2.35. The van der Waals surface area contributed by atoms with Gasteiger partial charge >= 0.3 is 6.03 Å². The number of carbonyl (C=O) groups is 1. The molecule has 0 bridgehead atoms. The number of aryl methyl sites for hydroxylation is 1. The van der Waals surface area contributed by atoms with Gasteiger partial charge in [0.25, 0.3) is 0 Å². The van der Waals surface area contributed by atoms with Gasteiger partial charge < -0.3 is 15.7 Å². The molecule has 1 aromatic carbocycles. The van der Waals surface area contributed by atoms with E-state index in [0.29, 0.717) is 17.9 Å². The van der Waals surface area contributed by atoms with Crippen molar-refractivity contribution in [2.75, 3.05) is 17.2 Å². The SMILES string of the molecule is Cc1cc(NC(=O)Nc2cnn(CCO)c2)ccc1Br. The maximum absolute atomic E-state index is 11.8. The Balaban J connectivity index is 1.95. The molecule has 2 rings (SSSR count). The summed E-state index contributed by atoms with van der Waals surface area (Å²) in [5.41, 5.74) is 2.33. The van der Waals surface area contributed by atoms with Crippen LogP contribution in [0, 0.1) is 6.92 Å². The Bertz CT molecular complexity index is 612. The van der Waals surface area contributed by atoms with Crippen LogP contribution in [-0.2, 0) is 6.54 Å². The van der Waals surface area contributed by atoms with Crippen LogP contribution < -0.4 is 10.6 Å². The Morgan fingerprint density at radius 3 is 2.85 bits per heavy atom. The number of carbonyl (C=O) groups excluding carboxylic acids is 1. The average Bonchev–Trinajstić information content (AvgIpc) is 2.81. The number of anilines is 2. The number of nitrogens with one attached hydrogen (secondary N) is 2. The number of urea groups is 1. The lowest BCUT2D eigenvalue weighted by Crippen LogP contribution is -2.19. The van der Waals surface area contributed by atoms with Crippen LogP contribution in [0.3, 0.4) is 0 Å². The fourth-order valence-electron chi connectivity index (χ4n) is 1.67. The van der Waals surface area contributed by atoms with Gasteiger partial charge in [0.2, 0.25) is 0 Å².